The van der Waals surface area contributed by atoms with E-state index < -0.39 is 27.7 Å². The minimum atomic E-state index is -3.66. The van der Waals surface area contributed by atoms with Crippen LogP contribution in [0.2, 0.25) is 0 Å². The second kappa shape index (κ2) is 11.6. The zero-order valence-electron chi connectivity index (χ0n) is 24.1. The van der Waals surface area contributed by atoms with Gasteiger partial charge in [0, 0.05) is 5.56 Å². The zero-order valence-corrected chi connectivity index (χ0v) is 24.9. The smallest absolute Gasteiger partial charge is 0.337 e. The summed E-state index contributed by atoms with van der Waals surface area (Å²) in [5.41, 5.74) is 6.11. The number of aryl methyl sites for hydroxylation is 2. The summed E-state index contributed by atoms with van der Waals surface area (Å²) in [7, 11) is -3.66. The molecule has 0 unspecified atom stereocenters. The van der Waals surface area contributed by atoms with Gasteiger partial charge in [0.2, 0.25) is 10.0 Å². The van der Waals surface area contributed by atoms with Gasteiger partial charge in [0.15, 0.2) is 6.10 Å². The lowest BCUT2D eigenvalue weighted by Crippen LogP contribution is -2.29. The first-order valence-corrected chi connectivity index (χ1v) is 15.5. The molecule has 4 rings (SSSR count). The lowest BCUT2D eigenvalue weighted by Gasteiger charge is -2.31. The lowest BCUT2D eigenvalue weighted by atomic mass is 9.82. The Hall–Kier alpha value is -3.36. The summed E-state index contributed by atoms with van der Waals surface area (Å²) in [4.78, 5) is 12.8. The van der Waals surface area contributed by atoms with Gasteiger partial charge in [-0.05, 0) is 111 Å². The van der Waals surface area contributed by atoms with E-state index in [4.69, 9.17) is 9.47 Å². The molecule has 8 heteroatoms. The Morgan fingerprint density at radius 1 is 1.07 bits per heavy atom. The van der Waals surface area contributed by atoms with Crippen molar-refractivity contribution in [3.05, 3.63) is 81.9 Å². The van der Waals surface area contributed by atoms with Gasteiger partial charge in [-0.1, -0.05) is 36.4 Å². The standard InChI is InChI=1S/C32H39NO6S/c1-20-25(16-14-22-11-8-7-9-12-22)29(33-40(6,36)37)21(2)28(30(31(34)35)39-32(3,4)5)27(20)24-15-17-26-23(19-24)13-10-18-38-26/h7-9,11-12,15,17,19,30,33H,10,13-14,16,18H2,1-6H3,(H,34,35)/t30-/m0/s1. The predicted molar refractivity (Wildman–Crippen MR) is 159 cm³/mol. The average Bonchev–Trinajstić information content (AvgIpc) is 2.88. The predicted octanol–water partition coefficient (Wildman–Crippen LogP) is 6.39. The van der Waals surface area contributed by atoms with Crippen molar-refractivity contribution in [1.29, 1.82) is 0 Å². The Balaban J connectivity index is 2.03. The number of carboxylic acids is 1. The third-order valence-electron chi connectivity index (χ3n) is 7.13. The first kappa shape index (κ1) is 29.6. The van der Waals surface area contributed by atoms with Crippen LogP contribution in [0.3, 0.4) is 0 Å². The number of hydrogen-bond acceptors (Lipinski definition) is 5. The summed E-state index contributed by atoms with van der Waals surface area (Å²) in [6.07, 6.45) is 2.83. The minimum absolute atomic E-state index is 0.416. The van der Waals surface area contributed by atoms with Crippen LogP contribution >= 0.6 is 0 Å². The SMILES string of the molecule is Cc1c(CCc2ccccc2)c(NS(C)(=O)=O)c(C)c([C@H](OC(C)(C)C)C(=O)O)c1-c1ccc2c(c1)CCCO2. The number of carboxylic acid groups (broad SMARTS) is 1. The van der Waals surface area contributed by atoms with E-state index in [1.165, 1.54) is 0 Å². The fourth-order valence-corrected chi connectivity index (χ4v) is 6.09. The van der Waals surface area contributed by atoms with E-state index in [0.717, 1.165) is 58.2 Å². The van der Waals surface area contributed by atoms with Crippen molar-refractivity contribution in [1.82, 2.24) is 0 Å². The van der Waals surface area contributed by atoms with Gasteiger partial charge in [-0.25, -0.2) is 13.2 Å². The van der Waals surface area contributed by atoms with Gasteiger partial charge in [0.25, 0.3) is 0 Å². The molecule has 0 spiro atoms. The van der Waals surface area contributed by atoms with E-state index in [0.29, 0.717) is 36.3 Å². The van der Waals surface area contributed by atoms with Gasteiger partial charge in [-0.2, -0.15) is 0 Å². The average molecular weight is 566 g/mol. The third-order valence-corrected chi connectivity index (χ3v) is 7.70. The maximum Gasteiger partial charge on any atom is 0.337 e. The van der Waals surface area contributed by atoms with Crippen LogP contribution in [-0.2, 0) is 38.8 Å². The molecule has 3 aromatic rings. The Morgan fingerprint density at radius 2 is 1.77 bits per heavy atom. The molecule has 0 fully saturated rings. The number of rotatable bonds is 9. The van der Waals surface area contributed by atoms with E-state index in [-0.39, 0.29) is 0 Å². The molecule has 0 saturated heterocycles. The van der Waals surface area contributed by atoms with Crippen LogP contribution in [0.25, 0.3) is 11.1 Å². The van der Waals surface area contributed by atoms with Gasteiger partial charge in [-0.15, -0.1) is 0 Å². The molecule has 2 N–H and O–H groups in total. The second-order valence-electron chi connectivity index (χ2n) is 11.5. The summed E-state index contributed by atoms with van der Waals surface area (Å²) >= 11 is 0. The number of ether oxygens (including phenoxy) is 2. The van der Waals surface area contributed by atoms with E-state index in [1.807, 2.05) is 70.2 Å². The number of sulfonamides is 1. The summed E-state index contributed by atoms with van der Waals surface area (Å²) in [5, 5.41) is 10.4. The molecular formula is C32H39NO6S. The van der Waals surface area contributed by atoms with Crippen LogP contribution in [0.4, 0.5) is 5.69 Å². The molecule has 0 radical (unpaired) electrons. The molecule has 0 bridgehead atoms. The highest BCUT2D eigenvalue weighted by Crippen LogP contribution is 2.44. The van der Waals surface area contributed by atoms with Crippen LogP contribution in [-0.4, -0.2) is 38.0 Å². The summed E-state index contributed by atoms with van der Waals surface area (Å²) < 4.78 is 39.9. The molecule has 0 aliphatic carbocycles. The molecule has 3 aromatic carbocycles. The fourth-order valence-electron chi connectivity index (χ4n) is 5.44. The molecule has 0 amide bonds. The second-order valence-corrected chi connectivity index (χ2v) is 13.2. The Kier molecular flexibility index (Phi) is 8.61. The minimum Gasteiger partial charge on any atom is -0.493 e. The van der Waals surface area contributed by atoms with Crippen molar-refractivity contribution < 1.29 is 27.8 Å². The van der Waals surface area contributed by atoms with Crippen molar-refractivity contribution in [2.24, 2.45) is 0 Å². The van der Waals surface area contributed by atoms with Gasteiger partial charge in [-0.3, -0.25) is 4.72 Å². The highest BCUT2D eigenvalue weighted by Gasteiger charge is 2.34. The number of carbonyl (C=O) groups is 1. The molecule has 1 aliphatic rings. The van der Waals surface area contributed by atoms with Gasteiger partial charge in [0.1, 0.15) is 5.75 Å². The molecule has 1 heterocycles. The third kappa shape index (κ3) is 6.85. The Labute approximate surface area is 237 Å². The van der Waals surface area contributed by atoms with Gasteiger partial charge >= 0.3 is 5.97 Å². The molecule has 0 saturated carbocycles. The largest absolute Gasteiger partial charge is 0.493 e. The number of benzene rings is 3. The number of anilines is 1. The number of aliphatic carboxylic acids is 1. The number of nitrogens with one attached hydrogen (secondary N) is 1. The van der Waals surface area contributed by atoms with Crippen LogP contribution < -0.4 is 9.46 Å². The highest BCUT2D eigenvalue weighted by molar-refractivity contribution is 7.92. The van der Waals surface area contributed by atoms with Crippen molar-refractivity contribution in [2.45, 2.75) is 72.0 Å². The molecule has 1 atom stereocenters. The molecule has 1 aliphatic heterocycles. The maximum absolute atomic E-state index is 12.8. The molecule has 7 nitrogen and oxygen atoms in total. The summed E-state index contributed by atoms with van der Waals surface area (Å²) in [5.74, 6) is -0.298. The molecule has 40 heavy (non-hydrogen) atoms. The van der Waals surface area contributed by atoms with E-state index in [9.17, 15) is 18.3 Å². The van der Waals surface area contributed by atoms with Crippen LogP contribution in [0.5, 0.6) is 5.75 Å². The Morgan fingerprint density at radius 3 is 2.40 bits per heavy atom. The Bertz CT molecular complexity index is 1510. The summed E-state index contributed by atoms with van der Waals surface area (Å²) in [6, 6.07) is 16.0. The fraction of sp³-hybridized carbons (Fsp3) is 0.406. The van der Waals surface area contributed by atoms with E-state index >= 15 is 0 Å². The first-order chi connectivity index (χ1) is 18.7. The topological polar surface area (TPSA) is 102 Å². The molecule has 214 valence electrons. The van der Waals surface area contributed by atoms with Crippen molar-refractivity contribution >= 4 is 21.7 Å². The van der Waals surface area contributed by atoms with Crippen LogP contribution in [0.15, 0.2) is 48.5 Å². The summed E-state index contributed by atoms with van der Waals surface area (Å²) in [6.45, 7) is 9.83. The number of fused-ring (bicyclic) bond motifs is 1. The number of hydrogen-bond donors (Lipinski definition) is 2. The maximum atomic E-state index is 12.8. The van der Waals surface area contributed by atoms with Crippen LogP contribution in [0, 0.1) is 13.8 Å². The van der Waals surface area contributed by atoms with Crippen molar-refractivity contribution in [3.8, 4) is 16.9 Å². The molecule has 0 aromatic heterocycles. The normalized spacial score (nSPS) is 14.2. The molecular weight excluding hydrogens is 526 g/mol. The monoisotopic (exact) mass is 565 g/mol. The highest BCUT2D eigenvalue weighted by atomic mass is 32.2. The van der Waals surface area contributed by atoms with Crippen molar-refractivity contribution in [3.63, 3.8) is 0 Å². The lowest BCUT2D eigenvalue weighted by molar-refractivity contribution is -0.160. The first-order valence-electron chi connectivity index (χ1n) is 13.6. The van der Waals surface area contributed by atoms with Gasteiger partial charge < -0.3 is 14.6 Å². The quantitative estimate of drug-likeness (QED) is 0.312. The van der Waals surface area contributed by atoms with Crippen molar-refractivity contribution in [2.75, 3.05) is 17.6 Å². The van der Waals surface area contributed by atoms with Gasteiger partial charge in [0.05, 0.1) is 24.2 Å². The van der Waals surface area contributed by atoms with Crippen LogP contribution in [0.1, 0.15) is 66.7 Å². The van der Waals surface area contributed by atoms with E-state index in [2.05, 4.69) is 10.8 Å². The zero-order chi connectivity index (χ0) is 29.2. The van der Waals surface area contributed by atoms with E-state index in [1.54, 1.807) is 6.92 Å².